The molecule has 1 aliphatic rings. The third-order valence-electron chi connectivity index (χ3n) is 2.93. The minimum Gasteiger partial charge on any atom is -0.390 e. The van der Waals surface area contributed by atoms with Gasteiger partial charge in [0.1, 0.15) is 0 Å². The highest BCUT2D eigenvalue weighted by molar-refractivity contribution is 4.83. The molecular weight excluding hydrogens is 194 g/mol. The fourth-order valence-electron chi connectivity index (χ4n) is 1.94. The number of hydrogen-bond acceptors (Lipinski definition) is 5. The van der Waals surface area contributed by atoms with Gasteiger partial charge in [-0.15, -0.1) is 0 Å². The summed E-state index contributed by atoms with van der Waals surface area (Å²) in [7, 11) is 0. The molecule has 1 aromatic rings. The van der Waals surface area contributed by atoms with Crippen LogP contribution < -0.4 is 0 Å². The van der Waals surface area contributed by atoms with Crippen LogP contribution in [0.1, 0.15) is 32.0 Å². The predicted molar refractivity (Wildman–Crippen MR) is 54.0 cm³/mol. The minimum absolute atomic E-state index is 0.508. The molecule has 1 aliphatic heterocycles. The molecule has 0 radical (unpaired) electrons. The minimum atomic E-state index is -0.508. The number of aromatic nitrogens is 2. The van der Waals surface area contributed by atoms with Crippen LogP contribution in [0.25, 0.3) is 0 Å². The van der Waals surface area contributed by atoms with Crippen LogP contribution in [0.5, 0.6) is 0 Å². The van der Waals surface area contributed by atoms with Crippen molar-refractivity contribution in [2.45, 2.75) is 38.3 Å². The molecule has 5 nitrogen and oxygen atoms in total. The first-order valence-electron chi connectivity index (χ1n) is 5.36. The Kier molecular flexibility index (Phi) is 3.02. The first kappa shape index (κ1) is 10.6. The van der Waals surface area contributed by atoms with Crippen LogP contribution in [0.3, 0.4) is 0 Å². The molecule has 15 heavy (non-hydrogen) atoms. The topological polar surface area (TPSA) is 62.4 Å². The molecule has 5 heteroatoms. The van der Waals surface area contributed by atoms with Gasteiger partial charge in [0.15, 0.2) is 5.82 Å². The maximum Gasteiger partial charge on any atom is 0.213 e. The Bertz CT molecular complexity index is 298. The van der Waals surface area contributed by atoms with Gasteiger partial charge in [0.2, 0.25) is 6.39 Å². The Labute approximate surface area is 89.1 Å². The third-order valence-corrected chi connectivity index (χ3v) is 2.93. The Balaban J connectivity index is 1.89. The molecular formula is C10H17N3O2. The number of likely N-dealkylation sites (tertiary alicyclic amines) is 1. The second-order valence-corrected chi connectivity index (χ2v) is 4.47. The molecule has 2 heterocycles. The largest absolute Gasteiger partial charge is 0.390 e. The SMILES string of the molecule is CC1(O)CCCN(Cc2ncon2)CC1. The maximum atomic E-state index is 9.92. The standard InChI is InChI=1S/C10H17N3O2/c1-10(14)3-2-5-13(6-4-10)7-9-11-8-15-12-9/h8,14H,2-7H2,1H3. The maximum absolute atomic E-state index is 9.92. The van der Waals surface area contributed by atoms with Gasteiger partial charge in [-0.3, -0.25) is 4.90 Å². The van der Waals surface area contributed by atoms with E-state index in [4.69, 9.17) is 4.52 Å². The van der Waals surface area contributed by atoms with E-state index >= 15 is 0 Å². The van der Waals surface area contributed by atoms with Crippen molar-refractivity contribution in [3.05, 3.63) is 12.2 Å². The van der Waals surface area contributed by atoms with Crippen molar-refractivity contribution in [3.8, 4) is 0 Å². The Hall–Kier alpha value is -0.940. The highest BCUT2D eigenvalue weighted by Gasteiger charge is 2.25. The summed E-state index contributed by atoms with van der Waals surface area (Å²) in [6.07, 6.45) is 4.05. The van der Waals surface area contributed by atoms with Crippen LogP contribution in [0.4, 0.5) is 0 Å². The van der Waals surface area contributed by atoms with E-state index in [0.29, 0.717) is 6.54 Å². The fourth-order valence-corrected chi connectivity index (χ4v) is 1.94. The third kappa shape index (κ3) is 3.00. The quantitative estimate of drug-likeness (QED) is 0.784. The summed E-state index contributed by atoms with van der Waals surface area (Å²) in [5.41, 5.74) is -0.508. The average molecular weight is 211 g/mol. The zero-order valence-electron chi connectivity index (χ0n) is 9.02. The summed E-state index contributed by atoms with van der Waals surface area (Å²) in [6.45, 7) is 4.50. The van der Waals surface area contributed by atoms with Crippen LogP contribution in [0, 0.1) is 0 Å². The van der Waals surface area contributed by atoms with E-state index in [1.165, 1.54) is 6.39 Å². The zero-order valence-corrected chi connectivity index (χ0v) is 9.02. The van der Waals surface area contributed by atoms with E-state index < -0.39 is 5.60 Å². The molecule has 1 unspecified atom stereocenters. The lowest BCUT2D eigenvalue weighted by Crippen LogP contribution is -2.28. The van der Waals surface area contributed by atoms with Crippen LogP contribution in [0.15, 0.2) is 10.9 Å². The van der Waals surface area contributed by atoms with E-state index in [0.717, 1.165) is 38.2 Å². The van der Waals surface area contributed by atoms with Crippen LogP contribution in [-0.2, 0) is 6.54 Å². The van der Waals surface area contributed by atoms with Crippen LogP contribution in [0.2, 0.25) is 0 Å². The first-order valence-corrected chi connectivity index (χ1v) is 5.36. The Morgan fingerprint density at radius 1 is 1.53 bits per heavy atom. The molecule has 1 fully saturated rings. The summed E-state index contributed by atoms with van der Waals surface area (Å²) in [4.78, 5) is 6.25. The molecule has 1 aromatic heterocycles. The highest BCUT2D eigenvalue weighted by atomic mass is 16.5. The van der Waals surface area contributed by atoms with Crippen molar-refractivity contribution in [2.24, 2.45) is 0 Å². The van der Waals surface area contributed by atoms with Crippen molar-refractivity contribution >= 4 is 0 Å². The predicted octanol–water partition coefficient (Wildman–Crippen LogP) is 0.807. The van der Waals surface area contributed by atoms with E-state index in [9.17, 15) is 5.11 Å². The van der Waals surface area contributed by atoms with E-state index in [-0.39, 0.29) is 0 Å². The van der Waals surface area contributed by atoms with Gasteiger partial charge in [-0.1, -0.05) is 5.16 Å². The molecule has 1 saturated heterocycles. The monoisotopic (exact) mass is 211 g/mol. The number of rotatable bonds is 2. The molecule has 1 atom stereocenters. The molecule has 84 valence electrons. The molecule has 0 saturated carbocycles. The second-order valence-electron chi connectivity index (χ2n) is 4.47. The lowest BCUT2D eigenvalue weighted by Gasteiger charge is -2.21. The van der Waals surface area contributed by atoms with E-state index in [2.05, 4.69) is 15.0 Å². The normalized spacial score (nSPS) is 28.9. The highest BCUT2D eigenvalue weighted by Crippen LogP contribution is 2.21. The molecule has 0 aliphatic carbocycles. The van der Waals surface area contributed by atoms with Gasteiger partial charge in [-0.2, -0.15) is 4.98 Å². The fraction of sp³-hybridized carbons (Fsp3) is 0.800. The molecule has 2 rings (SSSR count). The molecule has 0 aromatic carbocycles. The van der Waals surface area contributed by atoms with Gasteiger partial charge < -0.3 is 9.63 Å². The zero-order chi connectivity index (χ0) is 10.7. The Morgan fingerprint density at radius 2 is 2.40 bits per heavy atom. The number of aliphatic hydroxyl groups is 1. The molecule has 0 spiro atoms. The first-order chi connectivity index (χ1) is 7.16. The van der Waals surface area contributed by atoms with Gasteiger partial charge >= 0.3 is 0 Å². The van der Waals surface area contributed by atoms with Gasteiger partial charge in [-0.05, 0) is 32.7 Å². The van der Waals surface area contributed by atoms with Gasteiger partial charge in [-0.25, -0.2) is 0 Å². The van der Waals surface area contributed by atoms with E-state index in [1.54, 1.807) is 0 Å². The van der Waals surface area contributed by atoms with Crippen molar-refractivity contribution in [3.63, 3.8) is 0 Å². The van der Waals surface area contributed by atoms with Gasteiger partial charge in [0.05, 0.1) is 12.1 Å². The molecule has 0 amide bonds. The molecule has 1 N–H and O–H groups in total. The van der Waals surface area contributed by atoms with Crippen molar-refractivity contribution in [1.82, 2.24) is 15.0 Å². The lowest BCUT2D eigenvalue weighted by atomic mass is 9.98. The summed E-state index contributed by atoms with van der Waals surface area (Å²) in [5.74, 6) is 0.719. The van der Waals surface area contributed by atoms with Crippen molar-refractivity contribution in [1.29, 1.82) is 0 Å². The van der Waals surface area contributed by atoms with Crippen molar-refractivity contribution < 1.29 is 9.63 Å². The lowest BCUT2D eigenvalue weighted by molar-refractivity contribution is 0.0443. The van der Waals surface area contributed by atoms with Crippen molar-refractivity contribution in [2.75, 3.05) is 13.1 Å². The molecule has 0 bridgehead atoms. The summed E-state index contributed by atoms with van der Waals surface area (Å²) < 4.78 is 4.69. The van der Waals surface area contributed by atoms with E-state index in [1.807, 2.05) is 6.92 Å². The van der Waals surface area contributed by atoms with Gasteiger partial charge in [0, 0.05) is 6.54 Å². The summed E-state index contributed by atoms with van der Waals surface area (Å²) in [5, 5.41) is 13.7. The second kappa shape index (κ2) is 4.28. The van der Waals surface area contributed by atoms with Crippen LogP contribution in [-0.4, -0.2) is 38.8 Å². The summed E-state index contributed by atoms with van der Waals surface area (Å²) in [6, 6.07) is 0. The average Bonchev–Trinajstić information content (AvgIpc) is 2.60. The Morgan fingerprint density at radius 3 is 3.13 bits per heavy atom. The van der Waals surface area contributed by atoms with Crippen LogP contribution >= 0.6 is 0 Å². The smallest absolute Gasteiger partial charge is 0.213 e. The number of nitrogens with zero attached hydrogens (tertiary/aromatic N) is 3. The van der Waals surface area contributed by atoms with Gasteiger partial charge in [0.25, 0.3) is 0 Å². The number of hydrogen-bond donors (Lipinski definition) is 1. The summed E-state index contributed by atoms with van der Waals surface area (Å²) >= 11 is 0.